The number of sulfone groups is 2. The number of phenolic OH excluding ortho intramolecular Hbond substituents is 1. The molecular weight excluding hydrogens is 448 g/mol. The van der Waals surface area contributed by atoms with Crippen molar-refractivity contribution in [3.8, 4) is 17.2 Å². The third kappa shape index (κ3) is 4.23. The fraction of sp³-hybridized carbons (Fsp3) is 0. The van der Waals surface area contributed by atoms with Crippen molar-refractivity contribution >= 4 is 19.7 Å². The first-order valence-electron chi connectivity index (χ1n) is 9.50. The second-order valence-electron chi connectivity index (χ2n) is 6.83. The Labute approximate surface area is 186 Å². The highest BCUT2D eigenvalue weighted by Crippen LogP contribution is 2.33. The van der Waals surface area contributed by atoms with Gasteiger partial charge in [-0.3, -0.25) is 0 Å². The van der Waals surface area contributed by atoms with E-state index < -0.39 is 19.7 Å². The summed E-state index contributed by atoms with van der Waals surface area (Å²) in [6.07, 6.45) is 0. The van der Waals surface area contributed by atoms with E-state index in [1.807, 2.05) is 0 Å². The van der Waals surface area contributed by atoms with E-state index in [-0.39, 0.29) is 36.8 Å². The van der Waals surface area contributed by atoms with E-state index in [0.29, 0.717) is 0 Å². The average molecular weight is 467 g/mol. The van der Waals surface area contributed by atoms with Crippen LogP contribution in [0.2, 0.25) is 0 Å². The summed E-state index contributed by atoms with van der Waals surface area (Å²) in [5.74, 6) is 0.382. The summed E-state index contributed by atoms with van der Waals surface area (Å²) in [5, 5.41) is 9.37. The molecule has 0 aliphatic heterocycles. The van der Waals surface area contributed by atoms with E-state index >= 15 is 0 Å². The number of phenols is 1. The van der Waals surface area contributed by atoms with Gasteiger partial charge >= 0.3 is 0 Å². The Balaban J connectivity index is 1.64. The van der Waals surface area contributed by atoms with Crippen molar-refractivity contribution < 1.29 is 26.7 Å². The van der Waals surface area contributed by atoms with Crippen LogP contribution in [0.4, 0.5) is 0 Å². The molecule has 0 heterocycles. The minimum absolute atomic E-state index is 0.00647. The van der Waals surface area contributed by atoms with Crippen LogP contribution >= 0.6 is 0 Å². The Morgan fingerprint density at radius 3 is 1.66 bits per heavy atom. The van der Waals surface area contributed by atoms with Crippen molar-refractivity contribution in [3.63, 3.8) is 0 Å². The van der Waals surface area contributed by atoms with Gasteiger partial charge in [-0.1, -0.05) is 30.3 Å². The van der Waals surface area contributed by atoms with Gasteiger partial charge in [-0.05, 0) is 72.8 Å². The molecule has 0 amide bonds. The van der Waals surface area contributed by atoms with Gasteiger partial charge < -0.3 is 9.84 Å². The van der Waals surface area contributed by atoms with Gasteiger partial charge in [0.15, 0.2) is 0 Å². The normalized spacial score (nSPS) is 11.8. The number of hydrogen-bond acceptors (Lipinski definition) is 6. The van der Waals surface area contributed by atoms with E-state index in [2.05, 4.69) is 0 Å². The molecule has 0 aliphatic carbocycles. The number of aromatic hydroxyl groups is 1. The van der Waals surface area contributed by atoms with E-state index in [9.17, 15) is 21.9 Å². The zero-order valence-corrected chi connectivity index (χ0v) is 18.3. The standard InChI is InChI=1S/C24H18O6S2/c25-18-10-14-21(15-11-18)31(26,27)22-16-12-19(13-17-22)30-23-8-4-5-9-24(23)32(28,29)20-6-2-1-3-7-20/h1-17,25H. The molecule has 0 spiro atoms. The molecule has 0 aromatic heterocycles. The minimum Gasteiger partial charge on any atom is -0.508 e. The van der Waals surface area contributed by atoms with Crippen LogP contribution in [-0.2, 0) is 19.7 Å². The third-order valence-electron chi connectivity index (χ3n) is 4.70. The summed E-state index contributed by atoms with van der Waals surface area (Å²) in [6.45, 7) is 0. The van der Waals surface area contributed by atoms with Crippen molar-refractivity contribution in [1.82, 2.24) is 0 Å². The lowest BCUT2D eigenvalue weighted by atomic mass is 10.3. The van der Waals surface area contributed by atoms with Gasteiger partial charge in [-0.2, -0.15) is 0 Å². The number of para-hydroxylation sites is 1. The quantitative estimate of drug-likeness (QED) is 0.436. The molecule has 0 aliphatic rings. The summed E-state index contributed by atoms with van der Waals surface area (Å²) in [5.41, 5.74) is 0. The zero-order chi connectivity index (χ0) is 22.8. The van der Waals surface area contributed by atoms with Crippen LogP contribution in [0.3, 0.4) is 0 Å². The summed E-state index contributed by atoms with van der Waals surface area (Å²) in [6, 6.07) is 25.2. The topological polar surface area (TPSA) is 97.7 Å². The second-order valence-corrected chi connectivity index (χ2v) is 10.7. The van der Waals surface area contributed by atoms with Gasteiger partial charge in [0.05, 0.1) is 14.7 Å². The second kappa shape index (κ2) is 8.49. The Morgan fingerprint density at radius 1 is 0.531 bits per heavy atom. The Bertz CT molecular complexity index is 1440. The number of ether oxygens (including phenoxy) is 1. The van der Waals surface area contributed by atoms with Gasteiger partial charge in [0.25, 0.3) is 0 Å². The van der Waals surface area contributed by atoms with Gasteiger partial charge in [-0.15, -0.1) is 0 Å². The van der Waals surface area contributed by atoms with Crippen molar-refractivity contribution in [2.24, 2.45) is 0 Å². The molecular formula is C24H18O6S2. The molecule has 4 aromatic rings. The molecule has 1 N–H and O–H groups in total. The molecule has 8 heteroatoms. The molecule has 0 saturated heterocycles. The van der Waals surface area contributed by atoms with Gasteiger partial charge in [-0.25, -0.2) is 16.8 Å². The van der Waals surface area contributed by atoms with Crippen LogP contribution in [0.25, 0.3) is 0 Å². The Hall–Kier alpha value is -3.62. The highest BCUT2D eigenvalue weighted by molar-refractivity contribution is 7.91. The lowest BCUT2D eigenvalue weighted by Crippen LogP contribution is -2.04. The molecule has 0 atom stereocenters. The van der Waals surface area contributed by atoms with Crippen LogP contribution in [-0.4, -0.2) is 21.9 Å². The third-order valence-corrected chi connectivity index (χ3v) is 8.30. The highest BCUT2D eigenvalue weighted by Gasteiger charge is 2.22. The maximum Gasteiger partial charge on any atom is 0.210 e. The van der Waals surface area contributed by atoms with Crippen molar-refractivity contribution in [2.75, 3.05) is 0 Å². The number of rotatable bonds is 6. The highest BCUT2D eigenvalue weighted by atomic mass is 32.2. The largest absolute Gasteiger partial charge is 0.508 e. The molecule has 32 heavy (non-hydrogen) atoms. The molecule has 162 valence electrons. The maximum atomic E-state index is 13.0. The predicted molar refractivity (Wildman–Crippen MR) is 118 cm³/mol. The molecule has 0 fully saturated rings. The van der Waals surface area contributed by atoms with Crippen LogP contribution < -0.4 is 4.74 Å². The smallest absolute Gasteiger partial charge is 0.210 e. The molecule has 0 saturated carbocycles. The van der Waals surface area contributed by atoms with E-state index in [4.69, 9.17) is 4.74 Å². The summed E-state index contributed by atoms with van der Waals surface area (Å²) >= 11 is 0. The Kier molecular flexibility index (Phi) is 5.73. The van der Waals surface area contributed by atoms with Crippen molar-refractivity contribution in [1.29, 1.82) is 0 Å². The van der Waals surface area contributed by atoms with E-state index in [0.717, 1.165) is 0 Å². The maximum absolute atomic E-state index is 13.0. The lowest BCUT2D eigenvalue weighted by molar-refractivity contribution is 0.467. The summed E-state index contributed by atoms with van der Waals surface area (Å²) < 4.78 is 57.4. The van der Waals surface area contributed by atoms with E-state index in [1.165, 1.54) is 72.8 Å². The number of benzene rings is 4. The molecule has 4 aromatic carbocycles. The van der Waals surface area contributed by atoms with Crippen LogP contribution in [0, 0.1) is 0 Å². The first-order chi connectivity index (χ1) is 15.3. The molecule has 4 rings (SSSR count). The summed E-state index contributed by atoms with van der Waals surface area (Å²) in [4.78, 5) is 0.238. The van der Waals surface area contributed by atoms with E-state index in [1.54, 1.807) is 30.3 Å². The van der Waals surface area contributed by atoms with Crippen molar-refractivity contribution in [2.45, 2.75) is 19.6 Å². The fourth-order valence-corrected chi connectivity index (χ4v) is 5.72. The number of hydrogen-bond donors (Lipinski definition) is 1. The van der Waals surface area contributed by atoms with Crippen LogP contribution in [0.15, 0.2) is 123 Å². The fourth-order valence-electron chi connectivity index (χ4n) is 3.06. The summed E-state index contributed by atoms with van der Waals surface area (Å²) in [7, 11) is -7.58. The van der Waals surface area contributed by atoms with Gasteiger partial charge in [0.1, 0.15) is 22.1 Å². The van der Waals surface area contributed by atoms with Crippen LogP contribution in [0.1, 0.15) is 0 Å². The van der Waals surface area contributed by atoms with Gasteiger partial charge in [0.2, 0.25) is 19.7 Å². The minimum atomic E-state index is -3.80. The predicted octanol–water partition coefficient (Wildman–Crippen LogP) is 4.85. The monoisotopic (exact) mass is 466 g/mol. The first kappa shape index (κ1) is 21.6. The molecule has 0 bridgehead atoms. The SMILES string of the molecule is O=S(=O)(c1ccc(O)cc1)c1ccc(Oc2ccccc2S(=O)(=O)c2ccccc2)cc1. The first-order valence-corrected chi connectivity index (χ1v) is 12.5. The molecule has 0 radical (unpaired) electrons. The molecule has 0 unspecified atom stereocenters. The van der Waals surface area contributed by atoms with Crippen molar-refractivity contribution in [3.05, 3.63) is 103 Å². The lowest BCUT2D eigenvalue weighted by Gasteiger charge is -2.12. The van der Waals surface area contributed by atoms with Gasteiger partial charge in [0, 0.05) is 0 Å². The Morgan fingerprint density at radius 2 is 1.03 bits per heavy atom. The molecule has 6 nitrogen and oxygen atoms in total. The van der Waals surface area contributed by atoms with Crippen LogP contribution in [0.5, 0.6) is 17.2 Å². The zero-order valence-electron chi connectivity index (χ0n) is 16.6. The average Bonchev–Trinajstić information content (AvgIpc) is 2.80.